The van der Waals surface area contributed by atoms with Crippen molar-refractivity contribution in [1.29, 1.82) is 0 Å². The Kier molecular flexibility index (Phi) is 2.74. The molecule has 0 N–H and O–H groups in total. The molecular formula is C8H6BrN3OS. The minimum atomic E-state index is 0.566. The Bertz CT molecular complexity index is 446. The van der Waals surface area contributed by atoms with E-state index in [4.69, 9.17) is 4.74 Å². The number of pyridine rings is 1. The Morgan fingerprint density at radius 3 is 3.00 bits per heavy atom. The summed E-state index contributed by atoms with van der Waals surface area (Å²) in [6.45, 7) is 0. The molecule has 14 heavy (non-hydrogen) atoms. The van der Waals surface area contributed by atoms with Crippen LogP contribution in [0.1, 0.15) is 0 Å². The highest BCUT2D eigenvalue weighted by Crippen LogP contribution is 2.29. The van der Waals surface area contributed by atoms with Crippen molar-refractivity contribution in [2.75, 3.05) is 7.11 Å². The van der Waals surface area contributed by atoms with Crippen molar-refractivity contribution >= 4 is 27.5 Å². The van der Waals surface area contributed by atoms with Crippen molar-refractivity contribution in [3.05, 3.63) is 23.1 Å². The summed E-state index contributed by atoms with van der Waals surface area (Å²) in [5.41, 5.74) is 0.859. The second-order valence-corrected chi connectivity index (χ2v) is 3.89. The molecular weight excluding hydrogens is 266 g/mol. The molecule has 2 aromatic heterocycles. The second kappa shape index (κ2) is 4.02. The lowest BCUT2D eigenvalue weighted by molar-refractivity contribution is 0.399. The molecule has 0 saturated heterocycles. The van der Waals surface area contributed by atoms with Gasteiger partial charge in [-0.25, -0.2) is 9.97 Å². The van der Waals surface area contributed by atoms with Crippen LogP contribution in [0.25, 0.3) is 10.6 Å². The molecule has 0 radical (unpaired) electrons. The molecule has 0 aliphatic rings. The van der Waals surface area contributed by atoms with Crippen molar-refractivity contribution in [1.82, 2.24) is 14.3 Å². The molecule has 0 unspecified atom stereocenters. The zero-order chi connectivity index (χ0) is 9.97. The Morgan fingerprint density at radius 2 is 2.36 bits per heavy atom. The van der Waals surface area contributed by atoms with E-state index in [0.717, 1.165) is 10.6 Å². The van der Waals surface area contributed by atoms with Gasteiger partial charge < -0.3 is 4.74 Å². The van der Waals surface area contributed by atoms with Gasteiger partial charge in [0, 0.05) is 6.20 Å². The summed E-state index contributed by atoms with van der Waals surface area (Å²) in [7, 11) is 1.59. The summed E-state index contributed by atoms with van der Waals surface area (Å²) in [4.78, 5) is 8.28. The van der Waals surface area contributed by atoms with E-state index in [1.807, 2.05) is 12.1 Å². The van der Waals surface area contributed by atoms with Gasteiger partial charge >= 0.3 is 0 Å². The normalized spacial score (nSPS) is 10.1. The second-order valence-electron chi connectivity index (χ2n) is 2.43. The minimum absolute atomic E-state index is 0.566. The van der Waals surface area contributed by atoms with Crippen LogP contribution in [0.15, 0.2) is 23.1 Å². The van der Waals surface area contributed by atoms with Gasteiger partial charge in [0.1, 0.15) is 5.01 Å². The van der Waals surface area contributed by atoms with Crippen molar-refractivity contribution < 1.29 is 4.74 Å². The van der Waals surface area contributed by atoms with E-state index < -0.39 is 0 Å². The monoisotopic (exact) mass is 271 g/mol. The number of ether oxygens (including phenoxy) is 1. The topological polar surface area (TPSA) is 47.9 Å². The SMILES string of the molecule is COc1ncccc1-c1nc(Br)ns1. The fourth-order valence-corrected chi connectivity index (χ4v) is 2.13. The van der Waals surface area contributed by atoms with E-state index in [1.54, 1.807) is 13.3 Å². The summed E-state index contributed by atoms with van der Waals surface area (Å²) < 4.78 is 9.74. The number of aromatic nitrogens is 3. The zero-order valence-electron chi connectivity index (χ0n) is 7.27. The summed E-state index contributed by atoms with van der Waals surface area (Å²) in [5, 5.41) is 0.793. The first-order chi connectivity index (χ1) is 6.81. The first-order valence-corrected chi connectivity index (χ1v) is 5.36. The molecule has 0 saturated carbocycles. The highest BCUT2D eigenvalue weighted by Gasteiger charge is 2.10. The van der Waals surface area contributed by atoms with Crippen molar-refractivity contribution in [3.63, 3.8) is 0 Å². The number of nitrogens with zero attached hydrogens (tertiary/aromatic N) is 3. The van der Waals surface area contributed by atoms with Gasteiger partial charge in [-0.3, -0.25) is 0 Å². The Morgan fingerprint density at radius 1 is 1.50 bits per heavy atom. The molecule has 0 bridgehead atoms. The fourth-order valence-electron chi connectivity index (χ4n) is 1.03. The van der Waals surface area contributed by atoms with Crippen LogP contribution in [0, 0.1) is 0 Å². The third kappa shape index (κ3) is 1.76. The quantitative estimate of drug-likeness (QED) is 0.842. The number of halogens is 1. The maximum atomic E-state index is 5.12. The smallest absolute Gasteiger partial charge is 0.223 e. The predicted molar refractivity (Wildman–Crippen MR) is 57.4 cm³/mol. The van der Waals surface area contributed by atoms with E-state index in [-0.39, 0.29) is 0 Å². The zero-order valence-corrected chi connectivity index (χ0v) is 9.67. The predicted octanol–water partition coefficient (Wildman–Crippen LogP) is 2.37. The molecule has 72 valence electrons. The third-order valence-electron chi connectivity index (χ3n) is 1.60. The molecule has 0 aliphatic carbocycles. The summed E-state index contributed by atoms with van der Waals surface area (Å²) in [6, 6.07) is 3.74. The van der Waals surface area contributed by atoms with E-state index in [0.29, 0.717) is 10.6 Å². The number of hydrogen-bond donors (Lipinski definition) is 0. The number of rotatable bonds is 2. The molecule has 2 heterocycles. The van der Waals surface area contributed by atoms with Crippen LogP contribution in [-0.4, -0.2) is 21.5 Å². The standard InChI is InChI=1S/C8H6BrN3OS/c1-13-6-5(3-2-4-10-6)7-11-8(9)12-14-7/h2-4H,1H3. The van der Waals surface area contributed by atoms with Gasteiger partial charge in [0.05, 0.1) is 12.7 Å². The summed E-state index contributed by atoms with van der Waals surface area (Å²) >= 11 is 4.51. The number of hydrogen-bond acceptors (Lipinski definition) is 5. The van der Waals surface area contributed by atoms with Crippen LogP contribution in [0.4, 0.5) is 0 Å². The lowest BCUT2D eigenvalue weighted by Crippen LogP contribution is -1.89. The summed E-state index contributed by atoms with van der Waals surface area (Å²) in [6.07, 6.45) is 1.68. The average molecular weight is 272 g/mol. The van der Waals surface area contributed by atoms with Crippen molar-refractivity contribution in [2.45, 2.75) is 0 Å². The third-order valence-corrected chi connectivity index (χ3v) is 2.93. The van der Waals surface area contributed by atoms with Crippen LogP contribution in [0.2, 0.25) is 0 Å². The highest BCUT2D eigenvalue weighted by molar-refractivity contribution is 9.10. The van der Waals surface area contributed by atoms with Crippen LogP contribution in [0.3, 0.4) is 0 Å². The van der Waals surface area contributed by atoms with Gasteiger partial charge in [-0.1, -0.05) is 0 Å². The average Bonchev–Trinajstić information content (AvgIpc) is 2.65. The molecule has 0 atom stereocenters. The first-order valence-electron chi connectivity index (χ1n) is 3.80. The van der Waals surface area contributed by atoms with Gasteiger partial charge in [-0.2, -0.15) is 4.37 Å². The molecule has 6 heteroatoms. The van der Waals surface area contributed by atoms with Gasteiger partial charge in [0.25, 0.3) is 0 Å². The molecule has 2 aromatic rings. The largest absolute Gasteiger partial charge is 0.480 e. The van der Waals surface area contributed by atoms with E-state index in [9.17, 15) is 0 Å². The molecule has 0 fully saturated rings. The molecule has 2 rings (SSSR count). The van der Waals surface area contributed by atoms with Gasteiger partial charge in [-0.05, 0) is 39.6 Å². The molecule has 4 nitrogen and oxygen atoms in total. The molecule has 0 spiro atoms. The maximum absolute atomic E-state index is 5.12. The Balaban J connectivity index is 2.50. The van der Waals surface area contributed by atoms with E-state index in [2.05, 4.69) is 30.3 Å². The lowest BCUT2D eigenvalue weighted by Gasteiger charge is -2.02. The van der Waals surface area contributed by atoms with Crippen LogP contribution >= 0.6 is 27.5 Å². The van der Waals surface area contributed by atoms with Crippen molar-refractivity contribution in [3.8, 4) is 16.5 Å². The van der Waals surface area contributed by atoms with Crippen LogP contribution in [-0.2, 0) is 0 Å². The van der Waals surface area contributed by atoms with Crippen LogP contribution < -0.4 is 4.74 Å². The Labute approximate surface area is 93.3 Å². The molecule has 0 aromatic carbocycles. The van der Waals surface area contributed by atoms with Gasteiger partial charge in [0.2, 0.25) is 10.6 Å². The fraction of sp³-hybridized carbons (Fsp3) is 0.125. The van der Waals surface area contributed by atoms with E-state index in [1.165, 1.54) is 11.5 Å². The molecule has 0 amide bonds. The number of methoxy groups -OCH3 is 1. The highest BCUT2D eigenvalue weighted by atomic mass is 79.9. The van der Waals surface area contributed by atoms with Gasteiger partial charge in [0.15, 0.2) is 0 Å². The summed E-state index contributed by atoms with van der Waals surface area (Å²) in [5.74, 6) is 0.566. The van der Waals surface area contributed by atoms with Gasteiger partial charge in [-0.15, -0.1) is 0 Å². The van der Waals surface area contributed by atoms with Crippen LogP contribution in [0.5, 0.6) is 5.88 Å². The van der Waals surface area contributed by atoms with Crippen molar-refractivity contribution in [2.24, 2.45) is 0 Å². The molecule has 0 aliphatic heterocycles. The Hall–Kier alpha value is -1.01. The minimum Gasteiger partial charge on any atom is -0.480 e. The first kappa shape index (κ1) is 9.54. The lowest BCUT2D eigenvalue weighted by atomic mass is 10.3. The van der Waals surface area contributed by atoms with E-state index >= 15 is 0 Å². The maximum Gasteiger partial charge on any atom is 0.223 e.